The number of carbonyl (C=O) groups excluding carboxylic acids is 1. The molecular weight excluding hydrogens is 232 g/mol. The van der Waals surface area contributed by atoms with Crippen molar-refractivity contribution in [2.24, 2.45) is 5.73 Å². The van der Waals surface area contributed by atoms with Crippen molar-refractivity contribution in [2.45, 2.75) is 38.7 Å². The highest BCUT2D eigenvalue weighted by atomic mass is 16.6. The molecule has 0 aromatic carbocycles. The van der Waals surface area contributed by atoms with Crippen molar-refractivity contribution in [1.82, 2.24) is 5.32 Å². The highest BCUT2D eigenvalue weighted by molar-refractivity contribution is 5.67. The quantitative estimate of drug-likeness (QED) is 0.861. The maximum absolute atomic E-state index is 11.6. The Morgan fingerprint density at radius 2 is 2.11 bits per heavy atom. The molecule has 1 rings (SSSR count). The van der Waals surface area contributed by atoms with Gasteiger partial charge >= 0.3 is 6.09 Å². The summed E-state index contributed by atoms with van der Waals surface area (Å²) in [6.45, 7) is 8.25. The van der Waals surface area contributed by atoms with Gasteiger partial charge in [0.1, 0.15) is 5.60 Å². The van der Waals surface area contributed by atoms with Crippen molar-refractivity contribution in [3.05, 3.63) is 24.2 Å². The summed E-state index contributed by atoms with van der Waals surface area (Å²) in [6.07, 6.45) is 2.80. The molecule has 0 spiro atoms. The minimum absolute atomic E-state index is 0.357. The van der Waals surface area contributed by atoms with Crippen molar-refractivity contribution < 1.29 is 13.9 Å². The molecule has 5 nitrogen and oxygen atoms in total. The molecule has 1 atom stereocenters. The van der Waals surface area contributed by atoms with E-state index in [-0.39, 0.29) is 5.41 Å². The molecule has 0 bridgehead atoms. The van der Waals surface area contributed by atoms with Crippen LogP contribution in [0.25, 0.3) is 0 Å². The van der Waals surface area contributed by atoms with Gasteiger partial charge in [0.25, 0.3) is 0 Å². The topological polar surface area (TPSA) is 77.5 Å². The number of nitrogens with one attached hydrogen (secondary N) is 1. The number of ether oxygens (including phenoxy) is 1. The zero-order valence-corrected chi connectivity index (χ0v) is 11.4. The van der Waals surface area contributed by atoms with Crippen LogP contribution < -0.4 is 11.1 Å². The second-order valence-corrected chi connectivity index (χ2v) is 5.63. The molecule has 1 aromatic rings. The van der Waals surface area contributed by atoms with Gasteiger partial charge in [-0.2, -0.15) is 0 Å². The Hall–Kier alpha value is -1.49. The van der Waals surface area contributed by atoms with Gasteiger partial charge in [0.15, 0.2) is 0 Å². The van der Waals surface area contributed by atoms with E-state index >= 15 is 0 Å². The van der Waals surface area contributed by atoms with E-state index in [2.05, 4.69) is 5.32 Å². The third kappa shape index (κ3) is 4.07. The van der Waals surface area contributed by atoms with Gasteiger partial charge < -0.3 is 20.2 Å². The zero-order valence-electron chi connectivity index (χ0n) is 11.4. The number of amides is 1. The van der Waals surface area contributed by atoms with Crippen molar-refractivity contribution in [1.29, 1.82) is 0 Å². The number of furan rings is 1. The van der Waals surface area contributed by atoms with E-state index in [1.807, 2.05) is 33.8 Å². The lowest BCUT2D eigenvalue weighted by Gasteiger charge is -2.28. The van der Waals surface area contributed by atoms with Crippen LogP contribution in [0.15, 0.2) is 23.0 Å². The molecule has 5 heteroatoms. The Bertz CT molecular complexity index is 381. The first-order valence-electron chi connectivity index (χ1n) is 5.96. The smallest absolute Gasteiger partial charge is 0.407 e. The van der Waals surface area contributed by atoms with Crippen LogP contribution in [-0.2, 0) is 10.2 Å². The predicted octanol–water partition coefficient (Wildman–Crippen LogP) is 2.02. The maximum atomic E-state index is 11.6. The van der Waals surface area contributed by atoms with E-state index in [0.717, 1.165) is 5.56 Å². The van der Waals surface area contributed by atoms with Gasteiger partial charge in [-0.05, 0) is 32.4 Å². The van der Waals surface area contributed by atoms with Gasteiger partial charge in [0.05, 0.1) is 12.5 Å². The summed E-state index contributed by atoms with van der Waals surface area (Å²) >= 11 is 0. The molecule has 102 valence electrons. The lowest BCUT2D eigenvalue weighted by atomic mass is 9.84. The maximum Gasteiger partial charge on any atom is 0.407 e. The Morgan fingerprint density at radius 1 is 1.44 bits per heavy atom. The molecule has 3 N–H and O–H groups in total. The summed E-state index contributed by atoms with van der Waals surface area (Å²) in [6, 6.07) is 1.85. The average molecular weight is 254 g/mol. The summed E-state index contributed by atoms with van der Waals surface area (Å²) in [5.41, 5.74) is 5.88. The molecular formula is C13H22N2O3. The molecule has 0 fully saturated rings. The number of hydrogen-bond acceptors (Lipinski definition) is 4. The third-order valence-corrected chi connectivity index (χ3v) is 2.69. The van der Waals surface area contributed by atoms with Crippen molar-refractivity contribution in [2.75, 3.05) is 13.1 Å². The van der Waals surface area contributed by atoms with Gasteiger partial charge in [-0.3, -0.25) is 0 Å². The summed E-state index contributed by atoms with van der Waals surface area (Å²) in [5.74, 6) is 0. The minimum Gasteiger partial charge on any atom is -0.472 e. The number of rotatable bonds is 4. The minimum atomic E-state index is -0.501. The first kappa shape index (κ1) is 14.6. The second-order valence-electron chi connectivity index (χ2n) is 5.63. The Kier molecular flexibility index (Phi) is 4.40. The van der Waals surface area contributed by atoms with E-state index < -0.39 is 11.7 Å². The molecule has 0 aliphatic rings. The number of alkyl carbamates (subject to hydrolysis) is 1. The lowest BCUT2D eigenvalue weighted by molar-refractivity contribution is 0.0516. The number of carbonyl (C=O) groups is 1. The first-order chi connectivity index (χ1) is 8.27. The average Bonchev–Trinajstić information content (AvgIpc) is 2.77. The van der Waals surface area contributed by atoms with E-state index in [1.165, 1.54) is 0 Å². The molecule has 1 aromatic heterocycles. The van der Waals surface area contributed by atoms with Crippen molar-refractivity contribution >= 4 is 6.09 Å². The predicted molar refractivity (Wildman–Crippen MR) is 69.4 cm³/mol. The highest BCUT2D eigenvalue weighted by Gasteiger charge is 2.27. The van der Waals surface area contributed by atoms with E-state index in [4.69, 9.17) is 14.9 Å². The third-order valence-electron chi connectivity index (χ3n) is 2.69. The van der Waals surface area contributed by atoms with Crippen LogP contribution in [0.1, 0.15) is 33.3 Å². The molecule has 1 unspecified atom stereocenters. The standard InChI is InChI=1S/C13H22N2O3/c1-12(2,3)18-11(16)15-9-13(4,8-14)10-5-6-17-7-10/h5-7H,8-9,14H2,1-4H3,(H,15,16). The summed E-state index contributed by atoms with van der Waals surface area (Å²) in [7, 11) is 0. The van der Waals surface area contributed by atoms with Gasteiger partial charge in [-0.15, -0.1) is 0 Å². The van der Waals surface area contributed by atoms with Crippen LogP contribution >= 0.6 is 0 Å². The molecule has 18 heavy (non-hydrogen) atoms. The fraction of sp³-hybridized carbons (Fsp3) is 0.615. The monoisotopic (exact) mass is 254 g/mol. The van der Waals surface area contributed by atoms with Crippen LogP contribution in [0.5, 0.6) is 0 Å². The zero-order chi connectivity index (χ0) is 13.8. The fourth-order valence-corrected chi connectivity index (χ4v) is 1.48. The van der Waals surface area contributed by atoms with Crippen LogP contribution in [-0.4, -0.2) is 24.8 Å². The normalized spacial score (nSPS) is 14.9. The highest BCUT2D eigenvalue weighted by Crippen LogP contribution is 2.22. The molecule has 0 aliphatic heterocycles. The van der Waals surface area contributed by atoms with E-state index in [0.29, 0.717) is 13.1 Å². The van der Waals surface area contributed by atoms with Gasteiger partial charge in [0.2, 0.25) is 0 Å². The largest absolute Gasteiger partial charge is 0.472 e. The second kappa shape index (κ2) is 5.44. The van der Waals surface area contributed by atoms with Crippen molar-refractivity contribution in [3.63, 3.8) is 0 Å². The van der Waals surface area contributed by atoms with Crippen LogP contribution in [0.2, 0.25) is 0 Å². The van der Waals surface area contributed by atoms with E-state index in [9.17, 15) is 4.79 Å². The number of hydrogen-bond donors (Lipinski definition) is 2. The van der Waals surface area contributed by atoms with Crippen LogP contribution in [0.4, 0.5) is 4.79 Å². The molecule has 0 radical (unpaired) electrons. The van der Waals surface area contributed by atoms with Crippen LogP contribution in [0.3, 0.4) is 0 Å². The number of nitrogens with two attached hydrogens (primary N) is 1. The van der Waals surface area contributed by atoms with Crippen LogP contribution in [0, 0.1) is 0 Å². The van der Waals surface area contributed by atoms with Gasteiger partial charge in [-0.1, -0.05) is 6.92 Å². The Morgan fingerprint density at radius 3 is 2.56 bits per heavy atom. The summed E-state index contributed by atoms with van der Waals surface area (Å²) in [5, 5.41) is 2.74. The Balaban J connectivity index is 2.58. The fourth-order valence-electron chi connectivity index (χ4n) is 1.48. The summed E-state index contributed by atoms with van der Waals surface area (Å²) in [4.78, 5) is 11.6. The molecule has 0 aliphatic carbocycles. The first-order valence-corrected chi connectivity index (χ1v) is 5.96. The van der Waals surface area contributed by atoms with Gasteiger partial charge in [-0.25, -0.2) is 4.79 Å². The summed E-state index contributed by atoms with van der Waals surface area (Å²) < 4.78 is 10.2. The SMILES string of the molecule is CC(C)(C)OC(=O)NCC(C)(CN)c1ccoc1. The molecule has 1 heterocycles. The lowest BCUT2D eigenvalue weighted by Crippen LogP contribution is -2.45. The molecule has 0 saturated heterocycles. The van der Waals surface area contributed by atoms with Crippen molar-refractivity contribution in [3.8, 4) is 0 Å². The van der Waals surface area contributed by atoms with Gasteiger partial charge in [0, 0.05) is 18.5 Å². The molecule has 1 amide bonds. The Labute approximate surface area is 108 Å². The van der Waals surface area contributed by atoms with E-state index in [1.54, 1.807) is 12.5 Å². The molecule has 0 saturated carbocycles.